The number of benzene rings is 14. The molecule has 3 fully saturated rings. The van der Waals surface area contributed by atoms with E-state index in [0.717, 1.165) is 83.6 Å². The third-order valence-electron chi connectivity index (χ3n) is 23.4. The molecule has 1 aromatic heterocycles. The van der Waals surface area contributed by atoms with Crippen LogP contribution in [-0.2, 0) is 136 Å². The minimum atomic E-state index is -3.33. The molecule has 0 radical (unpaired) electrons. The first-order valence-electron chi connectivity index (χ1n) is 43.3. The minimum absolute atomic E-state index is 0.0462. The second-order valence-electron chi connectivity index (χ2n) is 32.0. The van der Waals surface area contributed by atoms with E-state index in [-0.39, 0.29) is 75.8 Å². The fourth-order valence-corrected chi connectivity index (χ4v) is 39.7. The van der Waals surface area contributed by atoms with Crippen LogP contribution >= 0.6 is 22.2 Å². The van der Waals surface area contributed by atoms with Crippen LogP contribution in [-0.4, -0.2) is 109 Å². The molecule has 9 aliphatic heterocycles. The van der Waals surface area contributed by atoms with Crippen LogP contribution in [0.25, 0.3) is 20.2 Å². The molecule has 24 rings (SSSR count). The van der Waals surface area contributed by atoms with Gasteiger partial charge in [0.05, 0.1) is 139 Å². The van der Waals surface area contributed by atoms with Gasteiger partial charge in [-0.2, -0.15) is 0 Å². The van der Waals surface area contributed by atoms with Crippen molar-refractivity contribution in [2.45, 2.75) is 139 Å². The number of ether oxygens (including phenoxy) is 1. The Morgan fingerprint density at radius 3 is 1.05 bits per heavy atom. The lowest BCUT2D eigenvalue weighted by molar-refractivity contribution is -0.118. The van der Waals surface area contributed by atoms with Crippen molar-refractivity contribution in [1.82, 2.24) is 0 Å². The smallest absolute Gasteiger partial charge is 0.216 e. The van der Waals surface area contributed by atoms with E-state index in [1.165, 1.54) is 157 Å². The number of thiophene rings is 1. The largest absolute Gasteiger partial charge is 0.447 e. The molecule has 0 amide bonds. The molecule has 3 saturated heterocycles. The number of anilines is 2. The first kappa shape index (κ1) is 94.8. The van der Waals surface area contributed by atoms with E-state index in [0.29, 0.717) is 26.5 Å². The van der Waals surface area contributed by atoms with Crippen LogP contribution in [0.2, 0.25) is 0 Å². The molecule has 0 spiro atoms. The molecule has 6 nitrogen and oxygen atoms in total. The monoisotopic (exact) mass is 1930 g/mol. The molecule has 128 heavy (non-hydrogen) atoms. The SMILES string of the molecule is C[S+]1CCC(=O)CC1.C[S+]1CCCC1.C[S+]1CCCCC1.C[S+]1c2ccccc2Cc2ccccc21.C[S+]1c2ccccc2Nc2ccccc21.C[S+]1c2ccccc2Oc2ccccc21.C[S+]1c2ccccc2S(=O)(=O)c2ccccc21.C[S+]1c2ccccc2S(=O)c2ccccc21.C[S+]1c2ccccc2Sc2ccccc21.C[s+]1c2ccccc2c2ccccc21. The van der Waals surface area contributed by atoms with Crippen LogP contribution in [0, 0.1) is 0 Å². The number of ketones is 1. The fraction of sp³-hybridized carbons (Fsp3) is 0.220. The molecular weight excluding hydrogens is 1820 g/mol. The molecule has 10 heterocycles. The second-order valence-corrected chi connectivity index (χ2v) is 56.8. The standard InChI is InChI=1S/C14H13S.C13H12NS.C13H11O2S2.C13H11OS2.C13H11OS.C13H11S2.C13H11S.C6H11OS.C6H13S.C5H11S/c1-15-13-8-4-2-6-11(13)10-12-7-3-5-9-14(12)15;1-15-12-8-4-2-6-10(12)14-11-7-3-5-9-13(11)15;1-16-10-6-2-4-8-12(10)17(14,15)13-9-5-3-7-11(13)16;1-15-10-6-2-4-8-12(10)16(14)13-9-5-3-7-11(13)15;2*1-15-12-8-4-2-6-10(12)14-11-7-3-5-9-13(11)15;1-14-12-8-4-2-6-10(12)11-7-3-5-9-13(11)14;1-8-4-2-6(7)3-5-8;1-7-5-3-2-4-6-7;1-6-4-2-3-5-6/h2-9H,10H2,1H3;2-9,14H,1H3;2-9H,1H3;2-9H,1H3;2*2-9H,1H3;2-9H,1H3;2-5H2,1H3;2-6H2,1H3;2-5H2,1H3/q10*+1. The van der Waals surface area contributed by atoms with Gasteiger partial charge in [0, 0.05) is 28.3 Å². The summed E-state index contributed by atoms with van der Waals surface area (Å²) in [5.74, 6) is 10.8. The van der Waals surface area contributed by atoms with Gasteiger partial charge in [0.15, 0.2) is 69.9 Å². The highest BCUT2D eigenvalue weighted by molar-refractivity contribution is 8.04. The average Bonchev–Trinajstić information content (AvgIpc) is 0.829. The molecule has 19 heteroatoms. The van der Waals surface area contributed by atoms with Gasteiger partial charge in [0.1, 0.15) is 93.9 Å². The number of carbonyl (C=O) groups is 1. The number of Topliss-reactive ketones (excluding diaryl/α,β-unsaturated/α-hetero) is 1. The Morgan fingerprint density at radius 2 is 0.609 bits per heavy atom. The van der Waals surface area contributed by atoms with Crippen molar-refractivity contribution in [2.24, 2.45) is 6.26 Å². The molecule has 15 aromatic rings. The Balaban J connectivity index is 0.000000111. The molecule has 9 aliphatic rings. The number of hydrogen-bond donors (Lipinski definition) is 1. The molecule has 0 unspecified atom stereocenters. The Labute approximate surface area is 796 Å². The Hall–Kier alpha value is -7.83. The van der Waals surface area contributed by atoms with E-state index in [1.807, 2.05) is 96.7 Å². The predicted octanol–water partition coefficient (Wildman–Crippen LogP) is 26.6. The van der Waals surface area contributed by atoms with E-state index in [1.54, 1.807) is 24.3 Å². The number of sulfone groups is 1. The van der Waals surface area contributed by atoms with Gasteiger partial charge in [-0.25, -0.2) is 12.6 Å². The molecular formula is C109H115NO5S13+10. The molecule has 654 valence electrons. The number of nitrogens with one attached hydrogen (secondary N) is 1. The lowest BCUT2D eigenvalue weighted by Crippen LogP contribution is -2.21. The van der Waals surface area contributed by atoms with E-state index >= 15 is 0 Å². The Morgan fingerprint density at radius 1 is 0.305 bits per heavy atom. The predicted molar refractivity (Wildman–Crippen MR) is 568 cm³/mol. The van der Waals surface area contributed by atoms with Crippen LogP contribution in [0.1, 0.15) is 56.1 Å². The first-order chi connectivity index (χ1) is 62.3. The lowest BCUT2D eigenvalue weighted by atomic mass is 10.0. The van der Waals surface area contributed by atoms with Crippen LogP contribution in [0.5, 0.6) is 11.5 Å². The zero-order valence-electron chi connectivity index (χ0n) is 74.6. The highest BCUT2D eigenvalue weighted by Crippen LogP contribution is 2.48. The van der Waals surface area contributed by atoms with Crippen LogP contribution in [0.4, 0.5) is 11.4 Å². The van der Waals surface area contributed by atoms with E-state index in [2.05, 4.69) is 298 Å². The first-order valence-corrected chi connectivity index (χ1v) is 64.1. The van der Waals surface area contributed by atoms with Gasteiger partial charge in [0.2, 0.25) is 19.6 Å². The van der Waals surface area contributed by atoms with Crippen molar-refractivity contribution >= 4 is 178 Å². The zero-order valence-corrected chi connectivity index (χ0v) is 85.2. The fourth-order valence-electron chi connectivity index (χ4n) is 16.4. The van der Waals surface area contributed by atoms with Crippen LogP contribution in [0.3, 0.4) is 0 Å². The van der Waals surface area contributed by atoms with Crippen molar-refractivity contribution < 1.29 is 22.2 Å². The quantitative estimate of drug-likeness (QED) is 0.151. The highest BCUT2D eigenvalue weighted by atomic mass is 32.2. The normalized spacial score (nSPS) is 17.0. The molecule has 14 aromatic carbocycles. The number of hydrogen-bond acceptors (Lipinski definition) is 7. The van der Waals surface area contributed by atoms with E-state index in [9.17, 15) is 17.4 Å². The topological polar surface area (TPSA) is 89.5 Å². The van der Waals surface area contributed by atoms with E-state index in [4.69, 9.17) is 4.74 Å². The van der Waals surface area contributed by atoms with Gasteiger partial charge in [0.25, 0.3) is 0 Å². The summed E-state index contributed by atoms with van der Waals surface area (Å²) in [6.07, 6.45) is 33.1. The summed E-state index contributed by atoms with van der Waals surface area (Å²) in [5.41, 5.74) is 5.51. The highest BCUT2D eigenvalue weighted by Gasteiger charge is 2.42. The molecule has 1 N–H and O–H groups in total. The summed E-state index contributed by atoms with van der Waals surface area (Å²) in [4.78, 5) is 32.1. The van der Waals surface area contributed by atoms with Gasteiger partial charge in [-0.15, -0.1) is 0 Å². The third kappa shape index (κ3) is 22.7. The number of fused-ring (bicyclic) bond motifs is 15. The van der Waals surface area contributed by atoms with Crippen molar-refractivity contribution in [3.05, 3.63) is 351 Å². The maximum absolute atomic E-state index is 12.4. The maximum Gasteiger partial charge on any atom is 0.216 e. The minimum Gasteiger partial charge on any atom is -0.447 e. The Bertz CT molecular complexity index is 5750. The molecule has 0 bridgehead atoms. The number of aryl methyl sites for hydroxylation is 1. The molecule has 0 aliphatic carbocycles. The number of para-hydroxylation sites is 4. The van der Waals surface area contributed by atoms with Gasteiger partial charge in [-0.05, 0) is 233 Å². The Kier molecular flexibility index (Phi) is 33.7. The summed E-state index contributed by atoms with van der Waals surface area (Å²) in [6.45, 7) is 0. The van der Waals surface area contributed by atoms with Gasteiger partial charge in [-0.1, -0.05) is 194 Å². The maximum atomic E-state index is 12.4. The average molecular weight is 1940 g/mol. The summed E-state index contributed by atoms with van der Waals surface area (Å²) in [6, 6.07) is 117. The second kappa shape index (κ2) is 45.5. The third-order valence-corrected chi connectivity index (χ3v) is 48.8. The van der Waals surface area contributed by atoms with Crippen LogP contribution in [0.15, 0.2) is 428 Å². The van der Waals surface area contributed by atoms with Gasteiger partial charge in [-0.3, -0.25) is 4.79 Å². The summed E-state index contributed by atoms with van der Waals surface area (Å²) in [5, 5.41) is 6.33. The van der Waals surface area contributed by atoms with Gasteiger partial charge >= 0.3 is 0 Å². The van der Waals surface area contributed by atoms with Crippen molar-refractivity contribution in [3.8, 4) is 11.5 Å². The number of rotatable bonds is 0. The molecule has 0 saturated carbocycles. The van der Waals surface area contributed by atoms with E-state index < -0.39 is 20.6 Å². The van der Waals surface area contributed by atoms with Gasteiger partial charge < -0.3 is 10.1 Å². The summed E-state index contributed by atoms with van der Waals surface area (Å²) in [7, 11) is -1.14. The zero-order chi connectivity index (χ0) is 89.2. The summed E-state index contributed by atoms with van der Waals surface area (Å²) >= 11 is 1.89. The molecule has 0 atom stereocenters. The van der Waals surface area contributed by atoms with Crippen LogP contribution < -0.4 is 10.1 Å². The van der Waals surface area contributed by atoms with Crippen molar-refractivity contribution in [1.29, 1.82) is 0 Å². The summed E-state index contributed by atoms with van der Waals surface area (Å²) < 4.78 is 46.1. The van der Waals surface area contributed by atoms with Crippen molar-refractivity contribution in [3.63, 3.8) is 0 Å². The van der Waals surface area contributed by atoms with Crippen molar-refractivity contribution in [2.75, 3.05) is 96.1 Å². The number of carbonyl (C=O) groups excluding carboxylic acids is 1. The lowest BCUT2D eigenvalue weighted by Gasteiger charge is -2.18.